The molecule has 10 unspecified atom stereocenters. The van der Waals surface area contributed by atoms with Gasteiger partial charge in [0.15, 0.2) is 17.6 Å². The van der Waals surface area contributed by atoms with Gasteiger partial charge in [0.2, 0.25) is 0 Å². The fourth-order valence-electron chi connectivity index (χ4n) is 14.4. The Morgan fingerprint density at radius 1 is 0.648 bits per heavy atom. The van der Waals surface area contributed by atoms with E-state index >= 15 is 0 Å². The molecule has 1 aromatic carbocycles. The quantitative estimate of drug-likeness (QED) is 0.0771. The molecule has 1 aromatic rings. The zero-order valence-corrected chi connectivity index (χ0v) is 53.8. The van der Waals surface area contributed by atoms with E-state index in [-0.39, 0.29) is 76.4 Å². The van der Waals surface area contributed by atoms with Crippen molar-refractivity contribution in [1.82, 2.24) is 0 Å². The molecule has 18 heteroatoms. The van der Waals surface area contributed by atoms with Gasteiger partial charge >= 0.3 is 47.8 Å². The minimum Gasteiger partial charge on any atom is -0.457 e. The van der Waals surface area contributed by atoms with E-state index < -0.39 is 53.3 Å². The Morgan fingerprint density at radius 3 is 1.59 bits per heavy atom. The third-order valence-corrected chi connectivity index (χ3v) is 18.7. The van der Waals surface area contributed by atoms with Gasteiger partial charge in [0, 0.05) is 52.0 Å². The summed E-state index contributed by atoms with van der Waals surface area (Å²) in [4.78, 5) is 90.8. The Labute approximate surface area is 519 Å². The van der Waals surface area contributed by atoms with Crippen LogP contribution in [-0.4, -0.2) is 101 Å². The first-order chi connectivity index (χ1) is 41.0. The summed E-state index contributed by atoms with van der Waals surface area (Å²) in [7, 11) is 0. The lowest BCUT2D eigenvalue weighted by molar-refractivity contribution is -0.195. The number of ether oxygens (including phenoxy) is 9. The molecule has 18 nitrogen and oxygen atoms in total. The number of esters is 8. The Balaban J connectivity index is 0.000000171. The SMILES string of the molecule is C=C(C)C(=O)OC(C)(C)C.C=C(C)C(=O)OC(C)(C)C12CC3CC(CC(C3)C1)C2.C=C(C)C(=O)OC1(CC)CCCC1.C=C(C)C(=O)OC1C2CC3C(=O)OC1C3O2.C=C(C)C(=O)OC1C2CC3C1OC(=O)C3(C#N)C2.C=Cc1ccc(OC(C)=O)cc1. The van der Waals surface area contributed by atoms with Gasteiger partial charge in [-0.25, -0.2) is 24.0 Å². The van der Waals surface area contributed by atoms with E-state index in [0.717, 1.165) is 49.0 Å². The molecule has 88 heavy (non-hydrogen) atoms. The second kappa shape index (κ2) is 28.1. The summed E-state index contributed by atoms with van der Waals surface area (Å²) in [6.07, 6.45) is 14.7. The minimum absolute atomic E-state index is 0.0504. The first-order valence-corrected chi connectivity index (χ1v) is 30.8. The maximum Gasteiger partial charge on any atom is 0.333 e. The van der Waals surface area contributed by atoms with Gasteiger partial charge in [-0.3, -0.25) is 14.4 Å². The van der Waals surface area contributed by atoms with Crippen molar-refractivity contribution in [1.29, 1.82) is 5.26 Å². The number of hydrogen-bond acceptors (Lipinski definition) is 18. The molecule has 480 valence electrons. The third kappa shape index (κ3) is 16.2. The van der Waals surface area contributed by atoms with Crippen LogP contribution in [0.5, 0.6) is 5.75 Å². The Hall–Kier alpha value is -7.13. The van der Waals surface area contributed by atoms with Crippen LogP contribution < -0.4 is 4.74 Å². The fourth-order valence-corrected chi connectivity index (χ4v) is 14.4. The molecule has 8 bridgehead atoms. The molecule has 11 aliphatic rings. The van der Waals surface area contributed by atoms with Crippen LogP contribution in [0.3, 0.4) is 0 Å². The normalized spacial score (nSPS) is 30.9. The highest BCUT2D eigenvalue weighted by atomic mass is 16.7. The van der Waals surface area contributed by atoms with Crippen LogP contribution in [0.2, 0.25) is 0 Å². The number of carbonyl (C=O) groups excluding carboxylic acids is 8. The zero-order valence-electron chi connectivity index (χ0n) is 53.8. The van der Waals surface area contributed by atoms with Crippen molar-refractivity contribution in [3.8, 4) is 11.8 Å². The van der Waals surface area contributed by atoms with Gasteiger partial charge in [-0.2, -0.15) is 5.26 Å². The molecule has 4 heterocycles. The first kappa shape index (κ1) is 70.0. The second-order valence-corrected chi connectivity index (χ2v) is 27.4. The lowest BCUT2D eigenvalue weighted by Crippen LogP contribution is -2.57. The second-order valence-electron chi connectivity index (χ2n) is 27.4. The minimum atomic E-state index is -0.985. The maximum atomic E-state index is 11.9. The molecular formula is C70H93NO17. The molecule has 7 saturated carbocycles. The van der Waals surface area contributed by atoms with E-state index in [0.29, 0.717) is 46.5 Å². The van der Waals surface area contributed by atoms with Gasteiger partial charge in [0.25, 0.3) is 0 Å². The highest BCUT2D eigenvalue weighted by Crippen LogP contribution is 2.65. The van der Waals surface area contributed by atoms with Gasteiger partial charge < -0.3 is 42.6 Å². The highest BCUT2D eigenvalue weighted by Gasteiger charge is 2.72. The number of benzene rings is 1. The largest absolute Gasteiger partial charge is 0.457 e. The summed E-state index contributed by atoms with van der Waals surface area (Å²) >= 11 is 0. The highest BCUT2D eigenvalue weighted by molar-refractivity contribution is 5.90. The summed E-state index contributed by atoms with van der Waals surface area (Å²) in [5.74, 6) is 0.303. The molecule has 0 radical (unpaired) electrons. The van der Waals surface area contributed by atoms with E-state index in [9.17, 15) is 43.6 Å². The van der Waals surface area contributed by atoms with Crippen LogP contribution in [0, 0.1) is 57.7 Å². The molecule has 4 aliphatic heterocycles. The number of hydrogen-bond donors (Lipinski definition) is 0. The molecule has 0 spiro atoms. The van der Waals surface area contributed by atoms with Gasteiger partial charge in [-0.1, -0.05) is 64.6 Å². The predicted molar refractivity (Wildman–Crippen MR) is 327 cm³/mol. The summed E-state index contributed by atoms with van der Waals surface area (Å²) < 4.78 is 47.7. The van der Waals surface area contributed by atoms with Crippen LogP contribution in [0.1, 0.15) is 179 Å². The maximum absolute atomic E-state index is 11.9. The monoisotopic (exact) mass is 1220 g/mol. The van der Waals surface area contributed by atoms with E-state index in [1.165, 1.54) is 58.3 Å². The lowest BCUT2D eigenvalue weighted by atomic mass is 9.46. The smallest absolute Gasteiger partial charge is 0.333 e. The van der Waals surface area contributed by atoms with Gasteiger partial charge in [-0.15, -0.1) is 0 Å². The predicted octanol–water partition coefficient (Wildman–Crippen LogP) is 12.2. The van der Waals surface area contributed by atoms with Gasteiger partial charge in [-0.05, 0) is 195 Å². The summed E-state index contributed by atoms with van der Waals surface area (Å²) in [5, 5.41) is 9.22. The number of nitrogens with zero attached hydrogens (tertiary/aromatic N) is 1. The summed E-state index contributed by atoms with van der Waals surface area (Å²) in [6, 6.07) is 9.26. The van der Waals surface area contributed by atoms with Crippen LogP contribution in [0.4, 0.5) is 0 Å². The van der Waals surface area contributed by atoms with Crippen molar-refractivity contribution in [2.75, 3.05) is 0 Å². The van der Waals surface area contributed by atoms with Crippen LogP contribution in [0.25, 0.3) is 6.08 Å². The van der Waals surface area contributed by atoms with E-state index in [1.807, 2.05) is 32.9 Å². The van der Waals surface area contributed by atoms with Crippen molar-refractivity contribution < 1.29 is 81.0 Å². The molecule has 12 rings (SSSR count). The Morgan fingerprint density at radius 2 is 1.15 bits per heavy atom. The number of fused-ring (bicyclic) bond motifs is 2. The molecule has 0 amide bonds. The summed E-state index contributed by atoms with van der Waals surface area (Å²) in [5.41, 5.74) is 1.44. The standard InChI is InChI=1S/C17H26O2.C13H13NO4.C11H12O5.C11H18O2.C10H10O2.C8H14O2/c1-11(2)15(18)19-16(3,4)17-8-12-5-13(9-17)7-14(6-12)10-17;1-6(2)11(15)17-9-7-3-8-10(9)18-12(16)13(8,4-7)5-14;1-4(2)10(12)15-8-6-3-5-7(14-6)9(8)16-11(5)13;1-4-11(7-5-6-8-11)13-10(12)9(2)3;1-3-9-4-6-10(7-5-9)12-8(2)11;1-6(2)7(9)10-8(3,4)5/h12-14H,1,5-10H2,2-4H3;7-10H,1,3-4H2,2H3;5-9H,1,3H2,2H3;2,4-8H2,1,3H3;3-7H,1H2,2H3;1H2,2-5H3. The molecule has 7 aliphatic carbocycles. The van der Waals surface area contributed by atoms with Gasteiger partial charge in [0.1, 0.15) is 40.9 Å². The third-order valence-electron chi connectivity index (χ3n) is 18.7. The van der Waals surface area contributed by atoms with Crippen molar-refractivity contribution >= 4 is 53.8 Å². The molecule has 10 atom stereocenters. The molecule has 11 fully saturated rings. The fraction of sp³-hybridized carbons (Fsp3) is 0.614. The van der Waals surface area contributed by atoms with Crippen LogP contribution >= 0.6 is 0 Å². The molecule has 4 saturated heterocycles. The average Bonchev–Trinajstić information content (AvgIpc) is 1.85. The lowest BCUT2D eigenvalue weighted by Gasteiger charge is -2.61. The van der Waals surface area contributed by atoms with E-state index in [4.69, 9.17) is 42.6 Å². The number of nitriles is 1. The van der Waals surface area contributed by atoms with Crippen molar-refractivity contribution in [2.45, 2.75) is 226 Å². The van der Waals surface area contributed by atoms with Gasteiger partial charge in [0.05, 0.1) is 18.1 Å². The molecule has 0 aromatic heterocycles. The molecule has 0 N–H and O–H groups in total. The summed E-state index contributed by atoms with van der Waals surface area (Å²) in [6.45, 7) is 42.8. The number of carbonyl (C=O) groups is 8. The van der Waals surface area contributed by atoms with Crippen molar-refractivity contribution in [3.05, 3.63) is 97.2 Å². The van der Waals surface area contributed by atoms with Crippen LogP contribution in [-0.2, 0) is 76.3 Å². The number of rotatable bonds is 13. The topological polar surface area (TPSA) is 243 Å². The first-order valence-electron chi connectivity index (χ1n) is 30.8. The van der Waals surface area contributed by atoms with E-state index in [1.54, 1.807) is 52.8 Å². The average molecular weight is 1220 g/mol. The zero-order chi connectivity index (χ0) is 65.6. The Kier molecular flexibility index (Phi) is 22.4. The van der Waals surface area contributed by atoms with E-state index in [2.05, 4.69) is 66.3 Å². The van der Waals surface area contributed by atoms with Crippen LogP contribution in [0.15, 0.2) is 91.6 Å². The van der Waals surface area contributed by atoms with Crippen molar-refractivity contribution in [2.24, 2.45) is 46.3 Å². The Bertz CT molecular complexity index is 2930. The molecular weight excluding hydrogens is 1130 g/mol. The van der Waals surface area contributed by atoms with Crippen molar-refractivity contribution in [3.63, 3.8) is 0 Å².